The maximum absolute atomic E-state index is 11.8. The van der Waals surface area contributed by atoms with Crippen LogP contribution in [0.25, 0.3) is 11.1 Å². The minimum absolute atomic E-state index is 0.294. The zero-order valence-electron chi connectivity index (χ0n) is 30.3. The van der Waals surface area contributed by atoms with E-state index in [9.17, 15) is 9.90 Å². The van der Waals surface area contributed by atoms with Crippen molar-refractivity contribution in [3.63, 3.8) is 0 Å². The lowest BCUT2D eigenvalue weighted by atomic mass is 9.99. The van der Waals surface area contributed by atoms with Crippen molar-refractivity contribution in [2.75, 3.05) is 56.2 Å². The quantitative estimate of drug-likeness (QED) is 0.0961. The SMILES string of the molecule is CCCCc1nc(Cl)c(CN(CCCCN2CCN(c3ccccc3OC)CC2)c2ccccn2)n1Cc1ccc(-c2ccccc2C(=O)O)cc1. The van der Waals surface area contributed by atoms with Gasteiger partial charge in [0.25, 0.3) is 0 Å². The van der Waals surface area contributed by atoms with Crippen molar-refractivity contribution in [3.05, 3.63) is 125 Å². The number of piperazine rings is 1. The van der Waals surface area contributed by atoms with Crippen molar-refractivity contribution >= 4 is 29.1 Å². The first kappa shape index (κ1) is 36.9. The normalized spacial score (nSPS) is 13.3. The highest BCUT2D eigenvalue weighted by molar-refractivity contribution is 6.30. The molecule has 0 spiro atoms. The molecule has 0 aliphatic carbocycles. The second-order valence-corrected chi connectivity index (χ2v) is 13.7. The molecule has 0 radical (unpaired) electrons. The third-order valence-electron chi connectivity index (χ3n) is 9.88. The number of carboxylic acid groups (broad SMARTS) is 1. The molecular weight excluding hydrogens is 672 g/mol. The van der Waals surface area contributed by atoms with E-state index in [2.05, 4.69) is 56.5 Å². The lowest BCUT2D eigenvalue weighted by Gasteiger charge is -2.36. The first-order valence-electron chi connectivity index (χ1n) is 18.4. The van der Waals surface area contributed by atoms with E-state index >= 15 is 0 Å². The van der Waals surface area contributed by atoms with Gasteiger partial charge in [0.1, 0.15) is 17.4 Å². The van der Waals surface area contributed by atoms with Crippen LogP contribution in [0.5, 0.6) is 5.75 Å². The summed E-state index contributed by atoms with van der Waals surface area (Å²) >= 11 is 6.96. The van der Waals surface area contributed by atoms with Crippen LogP contribution in [0, 0.1) is 0 Å². The van der Waals surface area contributed by atoms with Crippen LogP contribution in [0.1, 0.15) is 60.0 Å². The standard InChI is InChI=1S/C42H49ClN6O3/c1-3-4-17-40-45-41(43)37(49(40)30-32-19-21-33(22-20-32)34-13-5-6-14-35(34)42(50)51)31-48(39-18-9-10-23-44-39)25-12-11-24-46-26-28-47(29-27-46)36-15-7-8-16-38(36)52-2/h5-10,13-16,18-23H,3-4,11-12,17,24-31H2,1-2H3,(H,50,51). The molecule has 0 bridgehead atoms. The summed E-state index contributed by atoms with van der Waals surface area (Å²) in [5, 5.41) is 10.2. The number of benzene rings is 3. The van der Waals surface area contributed by atoms with Crippen molar-refractivity contribution in [2.24, 2.45) is 0 Å². The van der Waals surface area contributed by atoms with E-state index in [1.54, 1.807) is 19.2 Å². The number of carboxylic acids is 1. The Morgan fingerprint density at radius 3 is 2.38 bits per heavy atom. The Labute approximate surface area is 312 Å². The molecule has 9 nitrogen and oxygen atoms in total. The lowest BCUT2D eigenvalue weighted by molar-refractivity contribution is 0.0697. The van der Waals surface area contributed by atoms with Gasteiger partial charge in [-0.15, -0.1) is 0 Å². The summed E-state index contributed by atoms with van der Waals surface area (Å²) in [6.45, 7) is 9.34. The van der Waals surface area contributed by atoms with E-state index < -0.39 is 5.97 Å². The number of aromatic nitrogens is 3. The fourth-order valence-electron chi connectivity index (χ4n) is 7.00. The number of anilines is 2. The van der Waals surface area contributed by atoms with Gasteiger partial charge in [-0.05, 0) is 72.8 Å². The van der Waals surface area contributed by atoms with Crippen molar-refractivity contribution in [1.29, 1.82) is 0 Å². The zero-order valence-corrected chi connectivity index (χ0v) is 31.0. The second-order valence-electron chi connectivity index (χ2n) is 13.3. The van der Waals surface area contributed by atoms with Gasteiger partial charge in [-0.1, -0.05) is 85.6 Å². The number of halogens is 1. The maximum atomic E-state index is 11.8. The number of hydrogen-bond donors (Lipinski definition) is 1. The lowest BCUT2D eigenvalue weighted by Crippen LogP contribution is -2.46. The van der Waals surface area contributed by atoms with E-state index in [0.717, 1.165) is 106 Å². The summed E-state index contributed by atoms with van der Waals surface area (Å²) in [6, 6.07) is 29.6. The second kappa shape index (κ2) is 18.1. The maximum Gasteiger partial charge on any atom is 0.336 e. The van der Waals surface area contributed by atoms with Gasteiger partial charge in [0.15, 0.2) is 5.15 Å². The number of hydrogen-bond acceptors (Lipinski definition) is 7. The van der Waals surface area contributed by atoms with Crippen molar-refractivity contribution in [3.8, 4) is 16.9 Å². The molecule has 1 N–H and O–H groups in total. The molecule has 6 rings (SSSR count). The number of rotatable bonds is 17. The van der Waals surface area contributed by atoms with E-state index in [1.165, 1.54) is 5.69 Å². The first-order valence-corrected chi connectivity index (χ1v) is 18.7. The van der Waals surface area contributed by atoms with Gasteiger partial charge in [-0.25, -0.2) is 14.8 Å². The van der Waals surface area contributed by atoms with Crippen LogP contribution in [0.4, 0.5) is 11.5 Å². The third kappa shape index (κ3) is 9.13. The minimum Gasteiger partial charge on any atom is -0.495 e. The summed E-state index contributed by atoms with van der Waals surface area (Å²) in [5.41, 5.74) is 5.12. The highest BCUT2D eigenvalue weighted by Crippen LogP contribution is 2.29. The Kier molecular flexibility index (Phi) is 12.8. The number of unbranched alkanes of at least 4 members (excludes halogenated alkanes) is 2. The van der Waals surface area contributed by atoms with E-state index in [-0.39, 0.29) is 0 Å². The number of methoxy groups -OCH3 is 1. The van der Waals surface area contributed by atoms with Gasteiger partial charge < -0.3 is 24.2 Å². The van der Waals surface area contributed by atoms with E-state index in [4.69, 9.17) is 26.3 Å². The van der Waals surface area contributed by atoms with Gasteiger partial charge in [0, 0.05) is 51.9 Å². The monoisotopic (exact) mass is 720 g/mol. The van der Waals surface area contributed by atoms with Crippen LogP contribution in [-0.2, 0) is 19.5 Å². The smallest absolute Gasteiger partial charge is 0.336 e. The molecule has 1 fully saturated rings. The van der Waals surface area contributed by atoms with Gasteiger partial charge in [0.05, 0.1) is 30.6 Å². The molecule has 272 valence electrons. The van der Waals surface area contributed by atoms with Crippen LogP contribution in [-0.4, -0.2) is 76.9 Å². The van der Waals surface area contributed by atoms with Gasteiger partial charge in [-0.3, -0.25) is 4.90 Å². The molecule has 1 aliphatic heterocycles. The highest BCUT2D eigenvalue weighted by atomic mass is 35.5. The molecular formula is C42H49ClN6O3. The molecule has 2 aromatic heterocycles. The van der Waals surface area contributed by atoms with Crippen LogP contribution in [0.15, 0.2) is 97.2 Å². The predicted molar refractivity (Wildman–Crippen MR) is 210 cm³/mol. The molecule has 1 aliphatic rings. The molecule has 52 heavy (non-hydrogen) atoms. The Hall–Kier alpha value is -4.86. The van der Waals surface area contributed by atoms with Gasteiger partial charge in [-0.2, -0.15) is 0 Å². The number of imidazole rings is 1. The van der Waals surface area contributed by atoms with Crippen molar-refractivity contribution in [1.82, 2.24) is 19.4 Å². The summed E-state index contributed by atoms with van der Waals surface area (Å²) in [6.07, 6.45) is 6.89. The van der Waals surface area contributed by atoms with Crippen LogP contribution < -0.4 is 14.5 Å². The molecule has 10 heteroatoms. The largest absolute Gasteiger partial charge is 0.495 e. The van der Waals surface area contributed by atoms with Gasteiger partial charge in [0.2, 0.25) is 0 Å². The number of para-hydroxylation sites is 2. The summed E-state index contributed by atoms with van der Waals surface area (Å²) in [7, 11) is 1.74. The van der Waals surface area contributed by atoms with Gasteiger partial charge >= 0.3 is 5.97 Å². The number of aromatic carboxylic acids is 1. The molecule has 0 amide bonds. The molecule has 3 aromatic carbocycles. The molecule has 1 saturated heterocycles. The van der Waals surface area contributed by atoms with Crippen LogP contribution in [0.2, 0.25) is 5.15 Å². The summed E-state index contributed by atoms with van der Waals surface area (Å²) in [4.78, 5) is 28.8. The minimum atomic E-state index is -0.932. The Bertz CT molecular complexity index is 1890. The average molecular weight is 721 g/mol. The number of pyridine rings is 1. The van der Waals surface area contributed by atoms with Crippen LogP contribution in [0.3, 0.4) is 0 Å². The Morgan fingerprint density at radius 1 is 0.904 bits per heavy atom. The predicted octanol–water partition coefficient (Wildman–Crippen LogP) is 8.31. The number of nitrogens with zero attached hydrogens (tertiary/aromatic N) is 6. The first-order chi connectivity index (χ1) is 25.4. The Morgan fingerprint density at radius 2 is 1.65 bits per heavy atom. The third-order valence-corrected chi connectivity index (χ3v) is 10.2. The number of ether oxygens (including phenoxy) is 1. The van der Waals surface area contributed by atoms with Crippen molar-refractivity contribution < 1.29 is 14.6 Å². The average Bonchev–Trinajstić information content (AvgIpc) is 3.48. The summed E-state index contributed by atoms with van der Waals surface area (Å²) in [5.74, 6) is 1.91. The van der Waals surface area contributed by atoms with Crippen LogP contribution >= 0.6 is 11.6 Å². The fourth-order valence-corrected chi connectivity index (χ4v) is 7.26. The zero-order chi connectivity index (χ0) is 36.3. The topological polar surface area (TPSA) is 87.0 Å². The van der Waals surface area contributed by atoms with Crippen molar-refractivity contribution in [2.45, 2.75) is 52.1 Å². The summed E-state index contributed by atoms with van der Waals surface area (Å²) < 4.78 is 7.88. The Balaban J connectivity index is 1.13. The molecule has 0 unspecified atom stereocenters. The number of carbonyl (C=O) groups is 1. The highest BCUT2D eigenvalue weighted by Gasteiger charge is 2.22. The molecule has 0 atom stereocenters. The molecule has 0 saturated carbocycles. The molecule has 5 aromatic rings. The number of aryl methyl sites for hydroxylation is 1. The fraction of sp³-hybridized carbons (Fsp3) is 0.357. The van der Waals surface area contributed by atoms with E-state index in [0.29, 0.717) is 29.4 Å². The van der Waals surface area contributed by atoms with E-state index in [1.807, 2.05) is 54.7 Å². The molecule has 3 heterocycles.